The molecule has 0 spiro atoms. The first-order chi connectivity index (χ1) is 9.06. The maximum Gasteiger partial charge on any atom is 0.176 e. The second-order valence-corrected chi connectivity index (χ2v) is 6.16. The Morgan fingerprint density at radius 1 is 1.21 bits per heavy atom. The van der Waals surface area contributed by atoms with Gasteiger partial charge in [0, 0.05) is 5.56 Å². The molecule has 1 heterocycles. The van der Waals surface area contributed by atoms with Gasteiger partial charge in [-0.05, 0) is 43.3 Å². The first-order valence-corrected chi connectivity index (χ1v) is 7.41. The van der Waals surface area contributed by atoms with Gasteiger partial charge in [-0.2, -0.15) is 0 Å². The van der Waals surface area contributed by atoms with E-state index in [0.29, 0.717) is 12.5 Å². The number of nitrogens with zero attached hydrogens (tertiary/aromatic N) is 1. The van der Waals surface area contributed by atoms with Crippen LogP contribution in [0.2, 0.25) is 0 Å². The van der Waals surface area contributed by atoms with E-state index in [0.717, 1.165) is 24.6 Å². The molecule has 2 heteroatoms. The predicted octanol–water partition coefficient (Wildman–Crippen LogP) is 3.72. The number of carbonyl (C=O) groups excluding carboxylic acids is 1. The molecule has 0 unspecified atom stereocenters. The molecular formula is C17H25NO. The van der Waals surface area contributed by atoms with Crippen molar-refractivity contribution in [3.8, 4) is 0 Å². The molecule has 0 bridgehead atoms. The molecule has 0 aromatic heterocycles. The molecule has 0 N–H and O–H groups in total. The Balaban J connectivity index is 1.92. The number of ketones is 1. The van der Waals surface area contributed by atoms with Gasteiger partial charge in [0.15, 0.2) is 5.78 Å². The molecule has 1 aliphatic rings. The van der Waals surface area contributed by atoms with Crippen molar-refractivity contribution in [2.24, 2.45) is 5.92 Å². The molecule has 1 fully saturated rings. The fourth-order valence-corrected chi connectivity index (χ4v) is 2.57. The minimum atomic E-state index is 0.254. The summed E-state index contributed by atoms with van der Waals surface area (Å²) in [7, 11) is 0. The van der Waals surface area contributed by atoms with Crippen molar-refractivity contribution in [3.05, 3.63) is 35.4 Å². The standard InChI is InChI=1S/C17H25NO/c1-13(2)15-4-6-16(7-5-15)17(19)12-18-10-8-14(3)9-11-18/h4-7,13-14H,8-12H2,1-3H3. The van der Waals surface area contributed by atoms with Crippen molar-refractivity contribution >= 4 is 5.78 Å². The van der Waals surface area contributed by atoms with E-state index in [1.807, 2.05) is 12.1 Å². The predicted molar refractivity (Wildman–Crippen MR) is 79.7 cm³/mol. The number of hydrogen-bond donors (Lipinski definition) is 0. The number of Topliss-reactive ketones (excluding diaryl/α,β-unsaturated/α-hetero) is 1. The van der Waals surface area contributed by atoms with Gasteiger partial charge in [-0.1, -0.05) is 45.0 Å². The maximum atomic E-state index is 12.2. The number of hydrogen-bond acceptors (Lipinski definition) is 2. The van der Waals surface area contributed by atoms with Crippen LogP contribution < -0.4 is 0 Å². The summed E-state index contributed by atoms with van der Waals surface area (Å²) < 4.78 is 0. The molecule has 1 saturated heterocycles. The third kappa shape index (κ3) is 3.90. The third-order valence-electron chi connectivity index (χ3n) is 4.14. The minimum absolute atomic E-state index is 0.254. The van der Waals surface area contributed by atoms with E-state index in [1.165, 1.54) is 18.4 Å². The average molecular weight is 259 g/mol. The molecule has 19 heavy (non-hydrogen) atoms. The van der Waals surface area contributed by atoms with E-state index in [2.05, 4.69) is 37.8 Å². The molecular weight excluding hydrogens is 234 g/mol. The Labute approximate surface area is 116 Å². The quantitative estimate of drug-likeness (QED) is 0.768. The second-order valence-electron chi connectivity index (χ2n) is 6.16. The van der Waals surface area contributed by atoms with E-state index < -0.39 is 0 Å². The van der Waals surface area contributed by atoms with Crippen LogP contribution in [0.5, 0.6) is 0 Å². The highest BCUT2D eigenvalue weighted by Crippen LogP contribution is 2.18. The Bertz CT molecular complexity index is 413. The van der Waals surface area contributed by atoms with Gasteiger partial charge in [-0.15, -0.1) is 0 Å². The fourth-order valence-electron chi connectivity index (χ4n) is 2.57. The highest BCUT2D eigenvalue weighted by Gasteiger charge is 2.18. The van der Waals surface area contributed by atoms with Crippen molar-refractivity contribution in [3.63, 3.8) is 0 Å². The summed E-state index contributed by atoms with van der Waals surface area (Å²) in [6, 6.07) is 8.11. The number of benzene rings is 1. The highest BCUT2D eigenvalue weighted by molar-refractivity contribution is 5.97. The molecule has 2 rings (SSSR count). The van der Waals surface area contributed by atoms with Gasteiger partial charge in [0.25, 0.3) is 0 Å². The van der Waals surface area contributed by atoms with Gasteiger partial charge in [0.05, 0.1) is 6.54 Å². The van der Waals surface area contributed by atoms with E-state index >= 15 is 0 Å². The summed E-state index contributed by atoms with van der Waals surface area (Å²) in [6.45, 7) is 9.35. The largest absolute Gasteiger partial charge is 0.296 e. The highest BCUT2D eigenvalue weighted by atomic mass is 16.1. The lowest BCUT2D eigenvalue weighted by molar-refractivity contribution is 0.0900. The number of rotatable bonds is 4. The zero-order valence-electron chi connectivity index (χ0n) is 12.4. The van der Waals surface area contributed by atoms with Crippen molar-refractivity contribution in [1.82, 2.24) is 4.90 Å². The summed E-state index contributed by atoms with van der Waals surface area (Å²) in [5, 5.41) is 0. The van der Waals surface area contributed by atoms with Crippen LogP contribution in [-0.4, -0.2) is 30.3 Å². The molecule has 0 atom stereocenters. The van der Waals surface area contributed by atoms with Crippen LogP contribution in [0.1, 0.15) is 55.5 Å². The molecule has 2 nitrogen and oxygen atoms in total. The van der Waals surface area contributed by atoms with Crippen LogP contribution in [0.4, 0.5) is 0 Å². The van der Waals surface area contributed by atoms with Crippen LogP contribution in [-0.2, 0) is 0 Å². The third-order valence-corrected chi connectivity index (χ3v) is 4.14. The first kappa shape index (κ1) is 14.3. The van der Waals surface area contributed by atoms with E-state index in [1.54, 1.807) is 0 Å². The lowest BCUT2D eigenvalue weighted by Crippen LogP contribution is -2.36. The number of carbonyl (C=O) groups is 1. The molecule has 0 radical (unpaired) electrons. The molecule has 1 aliphatic heterocycles. The van der Waals surface area contributed by atoms with Crippen molar-refractivity contribution in [2.75, 3.05) is 19.6 Å². The molecule has 0 saturated carbocycles. The van der Waals surface area contributed by atoms with E-state index in [9.17, 15) is 4.79 Å². The first-order valence-electron chi connectivity index (χ1n) is 7.41. The molecule has 104 valence electrons. The Kier molecular flexibility index (Phi) is 4.76. The maximum absolute atomic E-state index is 12.2. The Morgan fingerprint density at radius 2 is 1.79 bits per heavy atom. The van der Waals surface area contributed by atoms with Crippen LogP contribution >= 0.6 is 0 Å². The molecule has 0 amide bonds. The minimum Gasteiger partial charge on any atom is -0.296 e. The summed E-state index contributed by atoms with van der Waals surface area (Å²) >= 11 is 0. The van der Waals surface area contributed by atoms with Gasteiger partial charge in [0.1, 0.15) is 0 Å². The van der Waals surface area contributed by atoms with Crippen molar-refractivity contribution in [2.45, 2.75) is 39.5 Å². The topological polar surface area (TPSA) is 20.3 Å². The lowest BCUT2D eigenvalue weighted by Gasteiger charge is -2.29. The van der Waals surface area contributed by atoms with Crippen molar-refractivity contribution in [1.29, 1.82) is 0 Å². The molecule has 1 aromatic carbocycles. The summed E-state index contributed by atoms with van der Waals surface area (Å²) in [5.41, 5.74) is 2.14. The average Bonchev–Trinajstić information content (AvgIpc) is 2.41. The summed E-state index contributed by atoms with van der Waals surface area (Å²) in [4.78, 5) is 14.5. The van der Waals surface area contributed by atoms with Gasteiger partial charge in [-0.3, -0.25) is 9.69 Å². The normalized spacial score (nSPS) is 17.9. The monoisotopic (exact) mass is 259 g/mol. The smallest absolute Gasteiger partial charge is 0.176 e. The number of likely N-dealkylation sites (tertiary alicyclic amines) is 1. The summed E-state index contributed by atoms with van der Waals surface area (Å²) in [5.74, 6) is 1.59. The van der Waals surface area contributed by atoms with Crippen molar-refractivity contribution < 1.29 is 4.79 Å². The fraction of sp³-hybridized carbons (Fsp3) is 0.588. The van der Waals surface area contributed by atoms with E-state index in [4.69, 9.17) is 0 Å². The van der Waals surface area contributed by atoms with Gasteiger partial charge < -0.3 is 0 Å². The van der Waals surface area contributed by atoms with Crippen LogP contribution in [0, 0.1) is 5.92 Å². The lowest BCUT2D eigenvalue weighted by atomic mass is 9.98. The molecule has 0 aliphatic carbocycles. The Morgan fingerprint density at radius 3 is 2.32 bits per heavy atom. The Hall–Kier alpha value is -1.15. The van der Waals surface area contributed by atoms with Gasteiger partial charge in [0.2, 0.25) is 0 Å². The summed E-state index contributed by atoms with van der Waals surface area (Å²) in [6.07, 6.45) is 2.44. The zero-order valence-corrected chi connectivity index (χ0v) is 12.4. The number of piperidine rings is 1. The second kappa shape index (κ2) is 6.33. The van der Waals surface area contributed by atoms with E-state index in [-0.39, 0.29) is 5.78 Å². The van der Waals surface area contributed by atoms with Gasteiger partial charge >= 0.3 is 0 Å². The van der Waals surface area contributed by atoms with Crippen LogP contribution in [0.3, 0.4) is 0 Å². The van der Waals surface area contributed by atoms with Crippen LogP contribution in [0.25, 0.3) is 0 Å². The zero-order chi connectivity index (χ0) is 13.8. The van der Waals surface area contributed by atoms with Gasteiger partial charge in [-0.25, -0.2) is 0 Å². The van der Waals surface area contributed by atoms with Crippen LogP contribution in [0.15, 0.2) is 24.3 Å². The molecule has 1 aromatic rings. The SMILES string of the molecule is CC1CCN(CC(=O)c2ccc(C(C)C)cc2)CC1.